The zero-order valence-electron chi connectivity index (χ0n) is 34.1. The van der Waals surface area contributed by atoms with Gasteiger partial charge in [-0.2, -0.15) is 0 Å². The maximum atomic E-state index is 2.46. The van der Waals surface area contributed by atoms with Crippen molar-refractivity contribution < 1.29 is 0 Å². The molecule has 10 aromatic carbocycles. The van der Waals surface area contributed by atoms with Gasteiger partial charge in [-0.1, -0.05) is 200 Å². The summed E-state index contributed by atoms with van der Waals surface area (Å²) in [4.78, 5) is 2.39. The molecule has 0 fully saturated rings. The number of anilines is 3. The molecule has 0 spiro atoms. The summed E-state index contributed by atoms with van der Waals surface area (Å²) in [6, 6.07) is 92.1. The molecule has 292 valence electrons. The summed E-state index contributed by atoms with van der Waals surface area (Å²) in [6.07, 6.45) is 0. The van der Waals surface area contributed by atoms with Crippen LogP contribution in [0.1, 0.15) is 0 Å². The normalized spacial score (nSPS) is 11.2. The molecule has 11 aromatic rings. The fourth-order valence-corrected chi connectivity index (χ4v) is 9.02. The van der Waals surface area contributed by atoms with Gasteiger partial charge in [-0.05, 0) is 105 Å². The van der Waals surface area contributed by atoms with Gasteiger partial charge in [0, 0.05) is 33.4 Å². The molecule has 11 rings (SSSR count). The SMILES string of the molecule is c1ccc(-c2ccc(N(c3ccc(-c4ccccc4-c4ccccc4)cc3)c3ccc4c5ccccc5n(-c5ccc(-c6ccccc6)cc5-c5ccccc5)c4c3)cc2)cc1. The summed E-state index contributed by atoms with van der Waals surface area (Å²) in [7, 11) is 0. The van der Waals surface area contributed by atoms with Crippen molar-refractivity contribution in [3.05, 3.63) is 255 Å². The Morgan fingerprint density at radius 1 is 0.242 bits per heavy atom. The molecule has 2 heteroatoms. The highest BCUT2D eigenvalue weighted by Gasteiger charge is 2.20. The van der Waals surface area contributed by atoms with E-state index in [0.29, 0.717) is 0 Å². The Morgan fingerprint density at radius 2 is 0.645 bits per heavy atom. The molecule has 0 aliphatic carbocycles. The first-order valence-corrected chi connectivity index (χ1v) is 21.3. The first kappa shape index (κ1) is 36.8. The first-order valence-electron chi connectivity index (χ1n) is 21.3. The van der Waals surface area contributed by atoms with Crippen molar-refractivity contribution in [1.29, 1.82) is 0 Å². The third-order valence-electron chi connectivity index (χ3n) is 12.0. The van der Waals surface area contributed by atoms with E-state index in [-0.39, 0.29) is 0 Å². The molecule has 0 aliphatic rings. The van der Waals surface area contributed by atoms with Crippen molar-refractivity contribution in [2.75, 3.05) is 4.90 Å². The molecule has 0 N–H and O–H groups in total. The minimum atomic E-state index is 1.08. The zero-order chi connectivity index (χ0) is 41.2. The molecule has 1 heterocycles. The molecule has 0 atom stereocenters. The van der Waals surface area contributed by atoms with E-state index in [1.807, 2.05) is 0 Å². The molecule has 0 aliphatic heterocycles. The van der Waals surface area contributed by atoms with E-state index in [4.69, 9.17) is 0 Å². The Balaban J connectivity index is 1.09. The van der Waals surface area contributed by atoms with Gasteiger partial charge < -0.3 is 9.47 Å². The summed E-state index contributed by atoms with van der Waals surface area (Å²) in [5, 5.41) is 2.43. The van der Waals surface area contributed by atoms with Crippen LogP contribution in [0.2, 0.25) is 0 Å². The Kier molecular flexibility index (Phi) is 9.57. The van der Waals surface area contributed by atoms with Crippen molar-refractivity contribution >= 4 is 38.9 Å². The van der Waals surface area contributed by atoms with Crippen molar-refractivity contribution in [3.63, 3.8) is 0 Å². The third-order valence-corrected chi connectivity index (χ3v) is 12.0. The lowest BCUT2D eigenvalue weighted by atomic mass is 9.94. The highest BCUT2D eigenvalue weighted by molar-refractivity contribution is 6.11. The largest absolute Gasteiger partial charge is 0.310 e. The Bertz CT molecular complexity index is 3300. The second kappa shape index (κ2) is 16.1. The van der Waals surface area contributed by atoms with Crippen LogP contribution in [0.5, 0.6) is 0 Å². The molecule has 0 unspecified atom stereocenters. The Morgan fingerprint density at radius 3 is 1.24 bits per heavy atom. The summed E-state index contributed by atoms with van der Waals surface area (Å²) in [5.74, 6) is 0. The number of nitrogens with zero attached hydrogens (tertiary/aromatic N) is 2. The maximum Gasteiger partial charge on any atom is 0.0562 e. The second-order valence-corrected chi connectivity index (χ2v) is 15.7. The molecule has 0 amide bonds. The van der Waals surface area contributed by atoms with E-state index in [9.17, 15) is 0 Å². The van der Waals surface area contributed by atoms with Crippen molar-refractivity contribution in [2.45, 2.75) is 0 Å². The van der Waals surface area contributed by atoms with E-state index in [1.54, 1.807) is 0 Å². The van der Waals surface area contributed by atoms with Gasteiger partial charge >= 0.3 is 0 Å². The predicted molar refractivity (Wildman–Crippen MR) is 263 cm³/mol. The van der Waals surface area contributed by atoms with E-state index in [1.165, 1.54) is 71.9 Å². The van der Waals surface area contributed by atoms with E-state index < -0.39 is 0 Å². The lowest BCUT2D eigenvalue weighted by molar-refractivity contribution is 1.18. The van der Waals surface area contributed by atoms with Crippen LogP contribution in [0.3, 0.4) is 0 Å². The van der Waals surface area contributed by atoms with Crippen LogP contribution < -0.4 is 4.90 Å². The van der Waals surface area contributed by atoms with Gasteiger partial charge in [0.1, 0.15) is 0 Å². The molecule has 1 aromatic heterocycles. The van der Waals surface area contributed by atoms with E-state index >= 15 is 0 Å². The minimum absolute atomic E-state index is 1.08. The summed E-state index contributed by atoms with van der Waals surface area (Å²) < 4.78 is 2.46. The molecule has 0 saturated heterocycles. The van der Waals surface area contributed by atoms with Crippen LogP contribution in [-0.4, -0.2) is 4.57 Å². The van der Waals surface area contributed by atoms with E-state index in [0.717, 1.165) is 28.3 Å². The van der Waals surface area contributed by atoms with Crippen molar-refractivity contribution in [2.24, 2.45) is 0 Å². The van der Waals surface area contributed by atoms with Gasteiger partial charge in [0.25, 0.3) is 0 Å². The number of para-hydroxylation sites is 1. The standard InChI is InChI=1S/C60H42N2/c1-5-17-43(18-6-1)45-29-34-50(35-30-45)61(51-36-31-48(32-37-51)54-26-14-13-25-53(54)46-21-9-3-10-22-46)52-38-39-56-55-27-15-16-28-58(55)62(60(56)42-52)59-40-33-49(44-19-7-2-8-20-44)41-57(59)47-23-11-4-12-24-47/h1-42H. The number of rotatable bonds is 9. The van der Waals surface area contributed by atoms with Crippen LogP contribution in [0.15, 0.2) is 255 Å². The molecule has 0 radical (unpaired) electrons. The van der Waals surface area contributed by atoms with Gasteiger partial charge in [-0.3, -0.25) is 0 Å². The molecule has 62 heavy (non-hydrogen) atoms. The fraction of sp³-hybridized carbons (Fsp3) is 0. The smallest absolute Gasteiger partial charge is 0.0562 e. The van der Waals surface area contributed by atoms with Crippen LogP contribution in [0.4, 0.5) is 17.1 Å². The Labute approximate surface area is 362 Å². The van der Waals surface area contributed by atoms with Crippen LogP contribution in [-0.2, 0) is 0 Å². The molecule has 0 saturated carbocycles. The highest BCUT2D eigenvalue weighted by atomic mass is 15.1. The van der Waals surface area contributed by atoms with Crippen LogP contribution in [0.25, 0.3) is 83.1 Å². The summed E-state index contributed by atoms with van der Waals surface area (Å²) in [6.45, 7) is 0. The second-order valence-electron chi connectivity index (χ2n) is 15.7. The summed E-state index contributed by atoms with van der Waals surface area (Å²) >= 11 is 0. The zero-order valence-corrected chi connectivity index (χ0v) is 34.1. The monoisotopic (exact) mass is 790 g/mol. The van der Waals surface area contributed by atoms with Crippen LogP contribution in [0, 0.1) is 0 Å². The van der Waals surface area contributed by atoms with Gasteiger partial charge in [-0.15, -0.1) is 0 Å². The van der Waals surface area contributed by atoms with Crippen molar-refractivity contribution in [1.82, 2.24) is 4.57 Å². The minimum Gasteiger partial charge on any atom is -0.310 e. The van der Waals surface area contributed by atoms with Gasteiger partial charge in [-0.25, -0.2) is 0 Å². The van der Waals surface area contributed by atoms with E-state index in [2.05, 4.69) is 264 Å². The topological polar surface area (TPSA) is 8.17 Å². The molecule has 0 bridgehead atoms. The van der Waals surface area contributed by atoms with Crippen molar-refractivity contribution in [3.8, 4) is 61.3 Å². The predicted octanol–water partition coefficient (Wildman–Crippen LogP) is 16.6. The van der Waals surface area contributed by atoms with Crippen LogP contribution >= 0.6 is 0 Å². The maximum absolute atomic E-state index is 2.46. The number of aromatic nitrogens is 1. The lowest BCUT2D eigenvalue weighted by Crippen LogP contribution is -2.10. The first-order chi connectivity index (χ1) is 30.8. The van der Waals surface area contributed by atoms with Gasteiger partial charge in [0.05, 0.1) is 16.7 Å². The van der Waals surface area contributed by atoms with Gasteiger partial charge in [0.2, 0.25) is 0 Å². The third kappa shape index (κ3) is 6.84. The fourth-order valence-electron chi connectivity index (χ4n) is 9.02. The quantitative estimate of drug-likeness (QED) is 0.141. The number of benzene rings is 10. The average molecular weight is 791 g/mol. The lowest BCUT2D eigenvalue weighted by Gasteiger charge is -2.26. The molecular weight excluding hydrogens is 749 g/mol. The van der Waals surface area contributed by atoms with Gasteiger partial charge in [0.15, 0.2) is 0 Å². The molecule has 2 nitrogen and oxygen atoms in total. The number of fused-ring (bicyclic) bond motifs is 3. The number of hydrogen-bond donors (Lipinski definition) is 0. The molecular formula is C60H42N2. The summed E-state index contributed by atoms with van der Waals surface area (Å²) in [5.41, 5.74) is 18.6. The highest BCUT2D eigenvalue weighted by Crippen LogP contribution is 2.43. The Hall–Kier alpha value is -8.20. The number of hydrogen-bond acceptors (Lipinski definition) is 1. The average Bonchev–Trinajstić information content (AvgIpc) is 3.69.